The fourth-order valence-electron chi connectivity index (χ4n) is 5.28. The summed E-state index contributed by atoms with van der Waals surface area (Å²) in [5.74, 6) is 1.26. The van der Waals surface area contributed by atoms with Gasteiger partial charge in [-0.15, -0.1) is 0 Å². The number of halogens is 1. The van der Waals surface area contributed by atoms with Gasteiger partial charge in [-0.2, -0.15) is 12.6 Å². The molecule has 1 aromatic heterocycles. The SMILES string of the molecule is CCOc1ccc(-n2c([C@@H](C)N(CCS)C(=O)Cc3ccc(F)c(C)c3)nc3c(c2=O)CCC(C)(C)C3)cc1. The van der Waals surface area contributed by atoms with Gasteiger partial charge in [-0.3, -0.25) is 14.2 Å². The summed E-state index contributed by atoms with van der Waals surface area (Å²) in [7, 11) is 0. The summed E-state index contributed by atoms with van der Waals surface area (Å²) >= 11 is 4.42. The van der Waals surface area contributed by atoms with E-state index in [0.29, 0.717) is 48.8 Å². The van der Waals surface area contributed by atoms with E-state index in [2.05, 4.69) is 26.5 Å². The molecule has 3 aromatic rings. The van der Waals surface area contributed by atoms with Crippen LogP contribution in [0.4, 0.5) is 4.39 Å². The number of nitrogens with zero attached hydrogens (tertiary/aromatic N) is 3. The Balaban J connectivity index is 1.80. The number of amides is 1. The number of carbonyl (C=O) groups is 1. The Bertz CT molecular complexity index is 1400. The maximum Gasteiger partial charge on any atom is 0.261 e. The van der Waals surface area contributed by atoms with Gasteiger partial charge in [-0.25, -0.2) is 9.37 Å². The van der Waals surface area contributed by atoms with Crippen molar-refractivity contribution in [1.82, 2.24) is 14.5 Å². The number of aryl methyl sites for hydroxylation is 1. The average Bonchev–Trinajstić information content (AvgIpc) is 2.89. The summed E-state index contributed by atoms with van der Waals surface area (Å²) in [5, 5.41) is 0. The maximum atomic E-state index is 14.0. The van der Waals surface area contributed by atoms with Crippen molar-refractivity contribution in [2.75, 3.05) is 18.9 Å². The van der Waals surface area contributed by atoms with Gasteiger partial charge in [-0.05, 0) is 86.9 Å². The van der Waals surface area contributed by atoms with Gasteiger partial charge in [0, 0.05) is 17.9 Å². The minimum atomic E-state index is -0.499. The van der Waals surface area contributed by atoms with Crippen molar-refractivity contribution < 1.29 is 13.9 Å². The molecule has 208 valence electrons. The Labute approximate surface area is 235 Å². The second-order valence-corrected chi connectivity index (χ2v) is 11.5. The molecule has 0 unspecified atom stereocenters. The van der Waals surface area contributed by atoms with E-state index >= 15 is 0 Å². The number of carbonyl (C=O) groups excluding carboxylic acids is 1. The molecule has 0 aliphatic heterocycles. The summed E-state index contributed by atoms with van der Waals surface area (Å²) in [6.07, 6.45) is 2.40. The van der Waals surface area contributed by atoms with Crippen LogP contribution in [0.25, 0.3) is 5.69 Å². The molecular weight excluding hydrogens is 513 g/mol. The van der Waals surface area contributed by atoms with Crippen molar-refractivity contribution in [1.29, 1.82) is 0 Å². The maximum absolute atomic E-state index is 14.0. The Morgan fingerprint density at radius 2 is 1.95 bits per heavy atom. The Kier molecular flexibility index (Phi) is 8.84. The van der Waals surface area contributed by atoms with Gasteiger partial charge in [-0.1, -0.05) is 26.0 Å². The van der Waals surface area contributed by atoms with Crippen LogP contribution in [0.15, 0.2) is 47.3 Å². The number of benzene rings is 2. The zero-order chi connectivity index (χ0) is 28.3. The molecule has 0 fully saturated rings. The van der Waals surface area contributed by atoms with Crippen LogP contribution in [0.5, 0.6) is 5.75 Å². The van der Waals surface area contributed by atoms with E-state index in [4.69, 9.17) is 9.72 Å². The number of ether oxygens (including phenoxy) is 1. The second kappa shape index (κ2) is 11.9. The molecule has 1 heterocycles. The highest BCUT2D eigenvalue weighted by Crippen LogP contribution is 2.34. The summed E-state index contributed by atoms with van der Waals surface area (Å²) in [6.45, 7) is 10.8. The first kappa shape index (κ1) is 28.9. The predicted octanol–water partition coefficient (Wildman–Crippen LogP) is 5.66. The summed E-state index contributed by atoms with van der Waals surface area (Å²) < 4.78 is 21.1. The van der Waals surface area contributed by atoms with Gasteiger partial charge in [0.05, 0.1) is 30.5 Å². The highest BCUT2D eigenvalue weighted by atomic mass is 32.1. The van der Waals surface area contributed by atoms with E-state index in [1.807, 2.05) is 38.1 Å². The van der Waals surface area contributed by atoms with Gasteiger partial charge in [0.15, 0.2) is 0 Å². The van der Waals surface area contributed by atoms with Crippen molar-refractivity contribution >= 4 is 18.5 Å². The number of fused-ring (bicyclic) bond motifs is 1. The number of thiol groups is 1. The first-order valence-corrected chi connectivity index (χ1v) is 14.2. The Morgan fingerprint density at radius 3 is 2.59 bits per heavy atom. The fraction of sp³-hybridized carbons (Fsp3) is 0.452. The van der Waals surface area contributed by atoms with Crippen LogP contribution in [0, 0.1) is 18.2 Å². The smallest absolute Gasteiger partial charge is 0.261 e. The van der Waals surface area contributed by atoms with Crippen LogP contribution >= 0.6 is 12.6 Å². The highest BCUT2D eigenvalue weighted by molar-refractivity contribution is 7.80. The molecule has 0 spiro atoms. The summed E-state index contributed by atoms with van der Waals surface area (Å²) in [6, 6.07) is 11.6. The molecule has 1 aliphatic carbocycles. The molecular formula is C31H38FN3O3S. The van der Waals surface area contributed by atoms with Crippen molar-refractivity contribution in [3.63, 3.8) is 0 Å². The minimum Gasteiger partial charge on any atom is -0.494 e. The molecule has 1 amide bonds. The second-order valence-electron chi connectivity index (χ2n) is 11.1. The van der Waals surface area contributed by atoms with E-state index in [-0.39, 0.29) is 29.1 Å². The Morgan fingerprint density at radius 1 is 1.23 bits per heavy atom. The minimum absolute atomic E-state index is 0.0410. The van der Waals surface area contributed by atoms with Crippen LogP contribution in [-0.4, -0.2) is 39.3 Å². The third kappa shape index (κ3) is 6.38. The third-order valence-corrected chi connectivity index (χ3v) is 7.67. The topological polar surface area (TPSA) is 64.4 Å². The lowest BCUT2D eigenvalue weighted by Gasteiger charge is -2.34. The fourth-order valence-corrected chi connectivity index (χ4v) is 5.50. The van der Waals surface area contributed by atoms with E-state index in [1.165, 1.54) is 6.07 Å². The summed E-state index contributed by atoms with van der Waals surface area (Å²) in [4.78, 5) is 34.4. The molecule has 0 radical (unpaired) electrons. The molecule has 6 nitrogen and oxygen atoms in total. The van der Waals surface area contributed by atoms with Crippen molar-refractivity contribution in [3.8, 4) is 11.4 Å². The van der Waals surface area contributed by atoms with Crippen LogP contribution in [0.2, 0.25) is 0 Å². The van der Waals surface area contributed by atoms with Crippen molar-refractivity contribution in [3.05, 3.63) is 86.8 Å². The van der Waals surface area contributed by atoms with Gasteiger partial charge in [0.25, 0.3) is 5.56 Å². The van der Waals surface area contributed by atoms with Gasteiger partial charge in [0.1, 0.15) is 17.4 Å². The molecule has 0 bridgehead atoms. The number of aromatic nitrogens is 2. The molecule has 0 saturated heterocycles. The van der Waals surface area contributed by atoms with Gasteiger partial charge < -0.3 is 9.64 Å². The lowest BCUT2D eigenvalue weighted by Crippen LogP contribution is -2.41. The zero-order valence-electron chi connectivity index (χ0n) is 23.5. The largest absolute Gasteiger partial charge is 0.494 e. The summed E-state index contributed by atoms with van der Waals surface area (Å²) in [5.41, 5.74) is 3.42. The quantitative estimate of drug-likeness (QED) is 0.349. The molecule has 2 aromatic carbocycles. The normalized spacial score (nSPS) is 14.9. The van der Waals surface area contributed by atoms with E-state index in [9.17, 15) is 14.0 Å². The molecule has 0 N–H and O–H groups in total. The lowest BCUT2D eigenvalue weighted by atomic mass is 9.76. The van der Waals surface area contributed by atoms with Crippen molar-refractivity contribution in [2.45, 2.75) is 66.3 Å². The average molecular weight is 552 g/mol. The molecule has 1 aliphatic rings. The zero-order valence-corrected chi connectivity index (χ0v) is 24.4. The first-order valence-electron chi connectivity index (χ1n) is 13.6. The van der Waals surface area contributed by atoms with Crippen molar-refractivity contribution in [2.24, 2.45) is 5.41 Å². The van der Waals surface area contributed by atoms with E-state index in [1.54, 1.807) is 28.5 Å². The number of hydrogen-bond acceptors (Lipinski definition) is 5. The molecule has 0 saturated carbocycles. The highest BCUT2D eigenvalue weighted by Gasteiger charge is 2.32. The van der Waals surface area contributed by atoms with Gasteiger partial charge >= 0.3 is 0 Å². The Hall–Kier alpha value is -3.13. The molecule has 8 heteroatoms. The van der Waals surface area contributed by atoms with Crippen LogP contribution in [-0.2, 0) is 24.1 Å². The standard InChI is InChI=1S/C31H38FN3O3S/c1-6-38-24-10-8-23(9-11-24)35-29(33-27-19-31(4,5)14-13-25(27)30(35)37)21(3)34(15-16-39)28(36)18-22-7-12-26(32)20(2)17-22/h7-12,17,21,39H,6,13-16,18-19H2,1-5H3/t21-/m1/s1. The molecule has 4 rings (SSSR count). The van der Waals surface area contributed by atoms with E-state index < -0.39 is 6.04 Å². The molecule has 1 atom stereocenters. The van der Waals surface area contributed by atoms with Crippen LogP contribution < -0.4 is 10.3 Å². The third-order valence-electron chi connectivity index (χ3n) is 7.47. The number of rotatable bonds is 9. The monoisotopic (exact) mass is 551 g/mol. The van der Waals surface area contributed by atoms with Crippen LogP contribution in [0.3, 0.4) is 0 Å². The van der Waals surface area contributed by atoms with Crippen LogP contribution in [0.1, 0.15) is 68.4 Å². The predicted molar refractivity (Wildman–Crippen MR) is 156 cm³/mol. The van der Waals surface area contributed by atoms with Gasteiger partial charge in [0.2, 0.25) is 5.91 Å². The number of hydrogen-bond donors (Lipinski definition) is 1. The van der Waals surface area contributed by atoms with E-state index in [0.717, 1.165) is 29.0 Å². The first-order chi connectivity index (χ1) is 18.5. The molecule has 39 heavy (non-hydrogen) atoms. The lowest BCUT2D eigenvalue weighted by molar-refractivity contribution is -0.132.